The van der Waals surface area contributed by atoms with E-state index >= 15 is 0 Å². The van der Waals surface area contributed by atoms with Crippen LogP contribution < -0.4 is 4.90 Å². The van der Waals surface area contributed by atoms with Crippen LogP contribution in [0.5, 0.6) is 0 Å². The van der Waals surface area contributed by atoms with Crippen molar-refractivity contribution in [1.82, 2.24) is 24.5 Å². The summed E-state index contributed by atoms with van der Waals surface area (Å²) in [6.07, 6.45) is -5.09. The fourth-order valence-electron chi connectivity index (χ4n) is 6.82. The Morgan fingerprint density at radius 2 is 1.73 bits per heavy atom. The lowest BCUT2D eigenvalue weighted by Gasteiger charge is -2.37. The molecule has 2 aromatic carbocycles. The first kappa shape index (κ1) is 36.6. The van der Waals surface area contributed by atoms with Crippen molar-refractivity contribution in [2.24, 2.45) is 0 Å². The number of thioether (sulfide) groups is 1. The highest BCUT2D eigenvalue weighted by atomic mass is 32.2. The molecule has 3 aromatic rings. The van der Waals surface area contributed by atoms with Crippen LogP contribution in [0.2, 0.25) is 0 Å². The lowest BCUT2D eigenvalue weighted by molar-refractivity contribution is -0.140. The van der Waals surface area contributed by atoms with Crippen LogP contribution in [0.4, 0.5) is 18.9 Å². The van der Waals surface area contributed by atoms with E-state index in [4.69, 9.17) is 9.84 Å². The van der Waals surface area contributed by atoms with E-state index in [9.17, 15) is 38.2 Å². The quantitative estimate of drug-likeness (QED) is 0.300. The smallest absolute Gasteiger partial charge is 0.390 e. The van der Waals surface area contributed by atoms with Gasteiger partial charge in [0.25, 0.3) is 0 Å². The van der Waals surface area contributed by atoms with E-state index in [1.165, 1.54) is 17.0 Å². The molecular weight excluding hydrogens is 687 g/mol. The number of aromatic nitrogens is 2. The number of benzene rings is 2. The second-order valence-electron chi connectivity index (χ2n) is 12.7. The molecule has 51 heavy (non-hydrogen) atoms. The summed E-state index contributed by atoms with van der Waals surface area (Å²) < 4.78 is 49.4. The monoisotopic (exact) mass is 727 g/mol. The van der Waals surface area contributed by atoms with Crippen molar-refractivity contribution in [1.29, 1.82) is 5.26 Å². The molecule has 2 amide bonds. The summed E-state index contributed by atoms with van der Waals surface area (Å²) in [7, 11) is 0. The van der Waals surface area contributed by atoms with Crippen molar-refractivity contribution < 1.29 is 37.7 Å². The number of carbonyl (C=O) groups is 2. The van der Waals surface area contributed by atoms with Crippen molar-refractivity contribution in [2.45, 2.75) is 36.7 Å². The van der Waals surface area contributed by atoms with E-state index in [0.29, 0.717) is 94.4 Å². The first-order valence-electron chi connectivity index (χ1n) is 16.9. The second-order valence-corrected chi connectivity index (χ2v) is 13.8. The highest BCUT2D eigenvalue weighted by Gasteiger charge is 2.35. The molecule has 16 heteroatoms. The Bertz CT molecular complexity index is 1770. The molecule has 12 nitrogen and oxygen atoms in total. The summed E-state index contributed by atoms with van der Waals surface area (Å²) in [5.41, 5.74) is 2.82. The van der Waals surface area contributed by atoms with Crippen LogP contribution in [0.3, 0.4) is 0 Å². The topological polar surface area (TPSA) is 138 Å². The molecule has 1 aromatic heterocycles. The summed E-state index contributed by atoms with van der Waals surface area (Å²) in [6, 6.07) is 13.4. The van der Waals surface area contributed by atoms with Gasteiger partial charge in [-0.1, -0.05) is 18.2 Å². The van der Waals surface area contributed by atoms with Gasteiger partial charge in [-0.05, 0) is 24.3 Å². The van der Waals surface area contributed by atoms with Gasteiger partial charge in [-0.2, -0.15) is 23.5 Å². The molecule has 1 unspecified atom stereocenters. The van der Waals surface area contributed by atoms with Crippen molar-refractivity contribution in [3.05, 3.63) is 64.8 Å². The van der Waals surface area contributed by atoms with E-state index in [0.717, 1.165) is 29.2 Å². The number of ether oxygens (including phenoxy) is 1. The van der Waals surface area contributed by atoms with E-state index in [2.05, 4.69) is 15.9 Å². The number of halogens is 3. The van der Waals surface area contributed by atoms with Crippen LogP contribution in [0.15, 0.2) is 47.4 Å². The van der Waals surface area contributed by atoms with E-state index in [1.54, 1.807) is 15.6 Å². The number of para-hydroxylation sites is 1. The zero-order chi connectivity index (χ0) is 36.1. The van der Waals surface area contributed by atoms with E-state index < -0.39 is 30.4 Å². The number of rotatable bonds is 10. The van der Waals surface area contributed by atoms with Crippen molar-refractivity contribution in [2.75, 3.05) is 82.8 Å². The van der Waals surface area contributed by atoms with Gasteiger partial charge in [0.05, 0.1) is 54.1 Å². The molecule has 0 aliphatic carbocycles. The van der Waals surface area contributed by atoms with Gasteiger partial charge in [-0.15, -0.1) is 11.8 Å². The standard InChI is InChI=1S/C35H40F3N7O5S/c36-35(37,38)28-6-5-24(17-31(28)51-23-33(49)43-13-15-50-16-14-43)34-27-21-44(32(48)22-46)8-7-30(27)45(40-34)20-26(47)19-41-9-11-42(12-10-41)29-4-2-1-3-25(29)18-39/h1-6,17,26,46-47H,7-16,19-23H2. The number of hydrogen-bond donors (Lipinski definition) is 2. The Morgan fingerprint density at radius 1 is 0.980 bits per heavy atom. The minimum absolute atomic E-state index is 0.102. The Labute approximate surface area is 298 Å². The van der Waals surface area contributed by atoms with Crippen LogP contribution in [0.25, 0.3) is 11.3 Å². The van der Waals surface area contributed by atoms with Gasteiger partial charge in [0.2, 0.25) is 11.8 Å². The normalized spacial score (nSPS) is 17.6. The van der Waals surface area contributed by atoms with Gasteiger partial charge in [-0.25, -0.2) is 0 Å². The zero-order valence-corrected chi connectivity index (χ0v) is 28.8. The van der Waals surface area contributed by atoms with Gasteiger partial charge in [0.1, 0.15) is 12.7 Å². The fourth-order valence-corrected chi connectivity index (χ4v) is 7.84. The molecule has 6 rings (SSSR count). The number of piperazine rings is 1. The van der Waals surface area contributed by atoms with Gasteiger partial charge in [-0.3, -0.25) is 19.2 Å². The molecule has 4 heterocycles. The van der Waals surface area contributed by atoms with Crippen LogP contribution >= 0.6 is 11.8 Å². The van der Waals surface area contributed by atoms with Crippen molar-refractivity contribution in [3.8, 4) is 17.3 Å². The number of aliphatic hydroxyl groups excluding tert-OH is 2. The number of amides is 2. The van der Waals surface area contributed by atoms with Gasteiger partial charge in [0.15, 0.2) is 0 Å². The number of nitriles is 1. The zero-order valence-electron chi connectivity index (χ0n) is 28.0. The lowest BCUT2D eigenvalue weighted by Crippen LogP contribution is -2.49. The number of anilines is 1. The first-order chi connectivity index (χ1) is 24.5. The number of fused-ring (bicyclic) bond motifs is 1. The average Bonchev–Trinajstić information content (AvgIpc) is 3.50. The molecule has 3 aliphatic rings. The Morgan fingerprint density at radius 3 is 2.43 bits per heavy atom. The molecule has 3 aliphatic heterocycles. The molecule has 0 bridgehead atoms. The summed E-state index contributed by atoms with van der Waals surface area (Å²) in [5, 5.41) is 35.1. The fraction of sp³-hybridized carbons (Fsp3) is 0.486. The maximum Gasteiger partial charge on any atom is 0.417 e. The van der Waals surface area contributed by atoms with Crippen LogP contribution in [0, 0.1) is 11.3 Å². The SMILES string of the molecule is N#Cc1ccccc1N1CCN(CC(O)Cn2nc(-c3ccc(C(F)(F)F)c(SCC(=O)N4CCOCC4)c3)c3c2CCN(C(=O)CO)C3)CC1. The largest absolute Gasteiger partial charge is 0.417 e. The lowest BCUT2D eigenvalue weighted by atomic mass is 9.99. The maximum atomic E-state index is 14.1. The van der Waals surface area contributed by atoms with Crippen LogP contribution in [-0.4, -0.2) is 131 Å². The molecular formula is C35H40F3N7O5S. The third-order valence-electron chi connectivity index (χ3n) is 9.49. The number of carbonyl (C=O) groups excluding carboxylic acids is 2. The number of β-amino-alcohol motifs (C(OH)–C–C–N with tert-alkyl or cyclic N) is 1. The van der Waals surface area contributed by atoms with Crippen molar-refractivity contribution in [3.63, 3.8) is 0 Å². The summed E-state index contributed by atoms with van der Waals surface area (Å²) in [4.78, 5) is 32.6. The van der Waals surface area contributed by atoms with Gasteiger partial charge in [0, 0.05) is 87.0 Å². The highest BCUT2D eigenvalue weighted by Crippen LogP contribution is 2.40. The minimum Gasteiger partial charge on any atom is -0.390 e. The third kappa shape index (κ3) is 8.50. The van der Waals surface area contributed by atoms with E-state index in [-0.39, 0.29) is 29.6 Å². The first-order valence-corrected chi connectivity index (χ1v) is 17.9. The minimum atomic E-state index is -4.65. The number of aliphatic hydroxyl groups is 2. The Balaban J connectivity index is 1.21. The Hall–Kier alpha value is -4.14. The number of nitrogens with zero attached hydrogens (tertiary/aromatic N) is 7. The molecule has 272 valence electrons. The molecule has 0 saturated carbocycles. The second kappa shape index (κ2) is 16.0. The van der Waals surface area contributed by atoms with Crippen LogP contribution in [-0.2, 0) is 40.0 Å². The predicted octanol–water partition coefficient (Wildman–Crippen LogP) is 2.45. The number of morpholine rings is 1. The summed E-state index contributed by atoms with van der Waals surface area (Å²) >= 11 is 0.819. The number of hydrogen-bond acceptors (Lipinski definition) is 10. The van der Waals surface area contributed by atoms with E-state index in [1.807, 2.05) is 18.2 Å². The average molecular weight is 728 g/mol. The molecule has 1 atom stereocenters. The summed E-state index contributed by atoms with van der Waals surface area (Å²) in [6.45, 7) is 4.51. The molecule has 2 fully saturated rings. The maximum absolute atomic E-state index is 14.1. The van der Waals surface area contributed by atoms with Crippen LogP contribution in [0.1, 0.15) is 22.4 Å². The predicted molar refractivity (Wildman–Crippen MR) is 183 cm³/mol. The molecule has 2 N–H and O–H groups in total. The number of alkyl halides is 3. The van der Waals surface area contributed by atoms with Gasteiger partial charge >= 0.3 is 6.18 Å². The molecule has 2 saturated heterocycles. The summed E-state index contributed by atoms with van der Waals surface area (Å²) in [5.74, 6) is -0.923. The molecule has 0 radical (unpaired) electrons. The molecule has 0 spiro atoms. The van der Waals surface area contributed by atoms with Crippen molar-refractivity contribution >= 4 is 29.3 Å². The third-order valence-corrected chi connectivity index (χ3v) is 10.5. The highest BCUT2D eigenvalue weighted by molar-refractivity contribution is 8.00. The van der Waals surface area contributed by atoms with Gasteiger partial charge < -0.3 is 29.6 Å². The Kier molecular flexibility index (Phi) is 11.5.